The highest BCUT2D eigenvalue weighted by molar-refractivity contribution is 7.10. The summed E-state index contributed by atoms with van der Waals surface area (Å²) in [4.78, 5) is 21.4. The molecule has 0 spiro atoms. The minimum atomic E-state index is -0.217. The van der Waals surface area contributed by atoms with E-state index in [1.165, 1.54) is 16.7 Å². The Kier molecular flexibility index (Phi) is 3.02. The van der Waals surface area contributed by atoms with Crippen molar-refractivity contribution in [3.63, 3.8) is 0 Å². The Bertz CT molecular complexity index is 389. The number of thiazole rings is 1. The summed E-state index contributed by atoms with van der Waals surface area (Å²) >= 11 is 0.917. The third kappa shape index (κ3) is 1.86. The zero-order chi connectivity index (χ0) is 9.84. The van der Waals surface area contributed by atoms with Crippen LogP contribution >= 0.6 is 11.3 Å². The number of aromatic nitrogens is 1. The normalized spacial score (nSPS) is 10.8. The van der Waals surface area contributed by atoms with Crippen molar-refractivity contribution in [1.82, 2.24) is 4.57 Å². The van der Waals surface area contributed by atoms with Gasteiger partial charge in [-0.2, -0.15) is 0 Å². The minimum Gasteiger partial charge on any atom is -0.493 e. The topological polar surface area (TPSA) is 59.3 Å². The van der Waals surface area contributed by atoms with E-state index >= 15 is 0 Å². The van der Waals surface area contributed by atoms with Crippen LogP contribution in [0.3, 0.4) is 0 Å². The summed E-state index contributed by atoms with van der Waals surface area (Å²) < 4.78 is 1.25. The average Bonchev–Trinajstić information content (AvgIpc) is 2.38. The predicted molar refractivity (Wildman–Crippen MR) is 51.0 cm³/mol. The van der Waals surface area contributed by atoms with Gasteiger partial charge in [-0.3, -0.25) is 14.2 Å². The fraction of sp³-hybridized carbons (Fsp3) is 0.250. The fourth-order valence-corrected chi connectivity index (χ4v) is 1.79. The molecule has 0 saturated heterocycles. The lowest BCUT2D eigenvalue weighted by Crippen LogP contribution is -2.09. The lowest BCUT2D eigenvalue weighted by atomic mass is 10.4. The molecular formula is C8H9NO3S. The molecule has 1 heterocycles. The van der Waals surface area contributed by atoms with Crippen LogP contribution in [0.1, 0.15) is 11.8 Å². The Morgan fingerprint density at radius 2 is 2.31 bits per heavy atom. The van der Waals surface area contributed by atoms with Crippen molar-refractivity contribution in [2.24, 2.45) is 0 Å². The summed E-state index contributed by atoms with van der Waals surface area (Å²) in [7, 11) is 0. The van der Waals surface area contributed by atoms with E-state index in [0.717, 1.165) is 11.3 Å². The van der Waals surface area contributed by atoms with Crippen molar-refractivity contribution in [3.05, 3.63) is 20.6 Å². The quantitative estimate of drug-likeness (QED) is 0.580. The maximum absolute atomic E-state index is 11.2. The van der Waals surface area contributed by atoms with E-state index in [1.807, 2.05) is 0 Å². The van der Waals surface area contributed by atoms with Crippen molar-refractivity contribution in [1.29, 1.82) is 0 Å². The van der Waals surface area contributed by atoms with Crippen molar-refractivity contribution < 1.29 is 9.90 Å². The van der Waals surface area contributed by atoms with E-state index in [2.05, 4.69) is 0 Å². The summed E-state index contributed by atoms with van der Waals surface area (Å²) in [5, 5.41) is 9.44. The van der Waals surface area contributed by atoms with Crippen molar-refractivity contribution in [2.45, 2.75) is 13.5 Å². The molecule has 1 aromatic rings. The number of rotatable bonds is 3. The van der Waals surface area contributed by atoms with Crippen LogP contribution in [0.15, 0.2) is 10.9 Å². The molecule has 0 radical (unpaired) electrons. The van der Waals surface area contributed by atoms with Gasteiger partial charge in [0.25, 0.3) is 0 Å². The predicted octanol–water partition coefficient (Wildman–Crippen LogP) is 0.847. The number of nitrogens with zero attached hydrogens (tertiary/aromatic N) is 1. The summed E-state index contributed by atoms with van der Waals surface area (Å²) in [5.74, 6) is -0.0735. The molecule has 0 bridgehead atoms. The molecule has 0 aliphatic carbocycles. The second kappa shape index (κ2) is 4.04. The Hall–Kier alpha value is -1.36. The van der Waals surface area contributed by atoms with Gasteiger partial charge in [0, 0.05) is 6.54 Å². The van der Waals surface area contributed by atoms with E-state index in [9.17, 15) is 14.7 Å². The second-order valence-corrected chi connectivity index (χ2v) is 3.29. The monoisotopic (exact) mass is 199 g/mol. The van der Waals surface area contributed by atoms with E-state index < -0.39 is 0 Å². The van der Waals surface area contributed by atoms with E-state index in [-0.39, 0.29) is 10.8 Å². The molecule has 0 aliphatic rings. The molecule has 4 nitrogen and oxygen atoms in total. The van der Waals surface area contributed by atoms with Gasteiger partial charge in [0.15, 0.2) is 0 Å². The van der Waals surface area contributed by atoms with Gasteiger partial charge in [0.2, 0.25) is 5.88 Å². The summed E-state index contributed by atoms with van der Waals surface area (Å²) in [6.45, 7) is 2.19. The van der Waals surface area contributed by atoms with Crippen LogP contribution in [0.4, 0.5) is 0 Å². The third-order valence-corrected chi connectivity index (χ3v) is 2.47. The Balaban J connectivity index is 3.18. The number of aldehydes is 1. The second-order valence-electron chi connectivity index (χ2n) is 2.30. The molecule has 0 amide bonds. The lowest BCUT2D eigenvalue weighted by Gasteiger charge is -1.95. The molecule has 0 aliphatic heterocycles. The molecule has 0 atom stereocenters. The lowest BCUT2D eigenvalue weighted by molar-refractivity contribution is -0.104. The molecule has 1 rings (SSSR count). The number of hydrogen-bond donors (Lipinski definition) is 1. The molecule has 5 heteroatoms. The largest absolute Gasteiger partial charge is 0.493 e. The number of aromatic hydroxyl groups is 1. The van der Waals surface area contributed by atoms with Gasteiger partial charge in [-0.05, 0) is 19.1 Å². The fourth-order valence-electron chi connectivity index (χ4n) is 0.928. The van der Waals surface area contributed by atoms with Gasteiger partial charge in [-0.1, -0.05) is 11.3 Å². The first-order chi connectivity index (χ1) is 6.20. The zero-order valence-electron chi connectivity index (χ0n) is 7.06. The highest BCUT2D eigenvalue weighted by Gasteiger charge is 2.08. The SMILES string of the molecule is CCn1c(O)c(C=CC=O)sc1=O. The first kappa shape index (κ1) is 9.73. The minimum absolute atomic E-state index is 0.0735. The maximum Gasteiger partial charge on any atom is 0.310 e. The van der Waals surface area contributed by atoms with Gasteiger partial charge in [0.1, 0.15) is 6.29 Å². The van der Waals surface area contributed by atoms with Gasteiger partial charge < -0.3 is 5.11 Å². The zero-order valence-corrected chi connectivity index (χ0v) is 7.87. The van der Waals surface area contributed by atoms with Crippen LogP contribution < -0.4 is 4.87 Å². The molecule has 0 unspecified atom stereocenters. The summed E-state index contributed by atoms with van der Waals surface area (Å²) in [6, 6.07) is 0. The Morgan fingerprint density at radius 1 is 1.62 bits per heavy atom. The Morgan fingerprint density at radius 3 is 2.77 bits per heavy atom. The number of carbonyl (C=O) groups is 1. The van der Waals surface area contributed by atoms with Crippen molar-refractivity contribution >= 4 is 23.7 Å². The third-order valence-electron chi connectivity index (χ3n) is 1.54. The molecule has 70 valence electrons. The van der Waals surface area contributed by atoms with Gasteiger partial charge in [0.05, 0.1) is 4.88 Å². The van der Waals surface area contributed by atoms with Crippen molar-refractivity contribution in [2.75, 3.05) is 0 Å². The van der Waals surface area contributed by atoms with Gasteiger partial charge in [-0.15, -0.1) is 0 Å². The van der Waals surface area contributed by atoms with Crippen molar-refractivity contribution in [3.8, 4) is 5.88 Å². The molecule has 1 aromatic heterocycles. The van der Waals surface area contributed by atoms with E-state index in [1.54, 1.807) is 6.92 Å². The molecule has 13 heavy (non-hydrogen) atoms. The Labute approximate surface area is 78.8 Å². The van der Waals surface area contributed by atoms with Gasteiger partial charge in [-0.25, -0.2) is 0 Å². The molecule has 0 fully saturated rings. The highest BCUT2D eigenvalue weighted by Crippen LogP contribution is 2.20. The van der Waals surface area contributed by atoms with Crippen LogP contribution in [0, 0.1) is 0 Å². The van der Waals surface area contributed by atoms with Crippen LogP contribution in [0.25, 0.3) is 6.08 Å². The maximum atomic E-state index is 11.2. The number of allylic oxidation sites excluding steroid dienone is 1. The summed E-state index contributed by atoms with van der Waals surface area (Å²) in [5.41, 5.74) is 0. The van der Waals surface area contributed by atoms with E-state index in [0.29, 0.717) is 17.7 Å². The average molecular weight is 199 g/mol. The van der Waals surface area contributed by atoms with Crippen LogP contribution in [-0.4, -0.2) is 16.0 Å². The smallest absolute Gasteiger partial charge is 0.310 e. The first-order valence-electron chi connectivity index (χ1n) is 3.75. The van der Waals surface area contributed by atoms with Crippen LogP contribution in [0.5, 0.6) is 5.88 Å². The molecule has 0 saturated carbocycles. The first-order valence-corrected chi connectivity index (χ1v) is 4.56. The number of carbonyl (C=O) groups excluding carboxylic acids is 1. The summed E-state index contributed by atoms with van der Waals surface area (Å²) in [6.07, 6.45) is 3.26. The highest BCUT2D eigenvalue weighted by atomic mass is 32.1. The molecule has 1 N–H and O–H groups in total. The molecule has 0 aromatic carbocycles. The number of hydrogen-bond acceptors (Lipinski definition) is 4. The van der Waals surface area contributed by atoms with Crippen LogP contribution in [-0.2, 0) is 11.3 Å². The van der Waals surface area contributed by atoms with E-state index in [4.69, 9.17) is 0 Å². The van der Waals surface area contributed by atoms with Crippen LogP contribution in [0.2, 0.25) is 0 Å². The standard InChI is InChI=1S/C8H9NO3S/c1-2-9-7(11)6(4-3-5-10)13-8(9)12/h3-5,11H,2H2,1H3. The molecular weight excluding hydrogens is 190 g/mol. The van der Waals surface area contributed by atoms with Gasteiger partial charge >= 0.3 is 4.87 Å².